The molecule has 2 aromatic carbocycles. The van der Waals surface area contributed by atoms with Crippen LogP contribution < -0.4 is 17.1 Å². The van der Waals surface area contributed by atoms with Crippen molar-refractivity contribution in [3.8, 4) is 5.69 Å². The Morgan fingerprint density at radius 1 is 1.15 bits per heavy atom. The van der Waals surface area contributed by atoms with Crippen molar-refractivity contribution in [1.29, 1.82) is 0 Å². The number of benzene rings is 2. The molecule has 0 aliphatic carbocycles. The van der Waals surface area contributed by atoms with Crippen LogP contribution in [-0.2, 0) is 9.63 Å². The van der Waals surface area contributed by atoms with Gasteiger partial charge in [-0.15, -0.1) is 0 Å². The van der Waals surface area contributed by atoms with Gasteiger partial charge in [-0.1, -0.05) is 41.4 Å². The average Bonchev–Trinajstić information content (AvgIpc) is 2.64. The Hall–Kier alpha value is -2.94. The summed E-state index contributed by atoms with van der Waals surface area (Å²) in [4.78, 5) is 41.8. The zero-order valence-electron chi connectivity index (χ0n) is 13.6. The van der Waals surface area contributed by atoms with Gasteiger partial charge in [0.25, 0.3) is 5.56 Å². The summed E-state index contributed by atoms with van der Waals surface area (Å²) in [5.74, 6) is 3.46. The molecule has 27 heavy (non-hydrogen) atoms. The smallest absolute Gasteiger partial charge is 0.349 e. The van der Waals surface area contributed by atoms with E-state index in [4.69, 9.17) is 29.1 Å². The molecule has 0 radical (unpaired) electrons. The molecule has 8 nitrogen and oxygen atoms in total. The summed E-state index contributed by atoms with van der Waals surface area (Å²) in [6, 6.07) is 11.1. The number of H-pyrrole nitrogens is 1. The molecule has 10 heteroatoms. The first-order chi connectivity index (χ1) is 12.9. The fourth-order valence-corrected chi connectivity index (χ4v) is 2.99. The van der Waals surface area contributed by atoms with Crippen LogP contribution in [0.2, 0.25) is 10.0 Å². The summed E-state index contributed by atoms with van der Waals surface area (Å²) in [7, 11) is 0. The Balaban J connectivity index is 2.09. The van der Waals surface area contributed by atoms with Crippen molar-refractivity contribution >= 4 is 29.2 Å². The molecule has 0 spiro atoms. The van der Waals surface area contributed by atoms with E-state index in [9.17, 15) is 14.4 Å². The number of carbonyl (C=O) groups is 1. The van der Waals surface area contributed by atoms with E-state index < -0.39 is 23.1 Å². The average molecular weight is 407 g/mol. The van der Waals surface area contributed by atoms with Crippen molar-refractivity contribution in [3.05, 3.63) is 90.7 Å². The molecule has 0 saturated carbocycles. The molecule has 1 heterocycles. The van der Waals surface area contributed by atoms with Crippen LogP contribution in [-0.4, -0.2) is 20.7 Å². The van der Waals surface area contributed by atoms with E-state index in [1.54, 1.807) is 30.3 Å². The van der Waals surface area contributed by atoms with Crippen molar-refractivity contribution in [3.63, 3.8) is 0 Å². The highest BCUT2D eigenvalue weighted by molar-refractivity contribution is 6.32. The van der Waals surface area contributed by atoms with E-state index in [0.29, 0.717) is 21.8 Å². The van der Waals surface area contributed by atoms with Gasteiger partial charge < -0.3 is 4.84 Å². The number of aromatic amines is 1. The lowest BCUT2D eigenvalue weighted by atomic mass is 9.91. The number of nitrogens with one attached hydrogen (secondary N) is 1. The quantitative estimate of drug-likeness (QED) is 0.637. The minimum atomic E-state index is -0.894. The Kier molecular flexibility index (Phi) is 5.41. The van der Waals surface area contributed by atoms with Gasteiger partial charge in [0, 0.05) is 10.0 Å². The second-order valence-corrected chi connectivity index (χ2v) is 6.32. The largest absolute Gasteiger partial charge is 0.373 e. The SMILES string of the molecule is NOC(=O)C(c1ccc(Cl)cc1)c1ccc(-n2ncc(=O)[nH]c2=O)cc1Cl. The highest BCUT2D eigenvalue weighted by Crippen LogP contribution is 2.33. The zero-order valence-corrected chi connectivity index (χ0v) is 15.1. The van der Waals surface area contributed by atoms with Crippen LogP contribution in [0.5, 0.6) is 0 Å². The standard InChI is InChI=1S/C17H12Cl2N4O4/c18-10-3-1-9(2-4-10)15(16(25)27-20)12-6-5-11(7-13(12)19)23-17(26)22-14(24)8-21-23/h1-8,15H,20H2,(H,22,24,26). The van der Waals surface area contributed by atoms with E-state index in [2.05, 4.69) is 14.9 Å². The van der Waals surface area contributed by atoms with Crippen molar-refractivity contribution in [1.82, 2.24) is 14.8 Å². The van der Waals surface area contributed by atoms with Gasteiger partial charge in [0.1, 0.15) is 12.1 Å². The lowest BCUT2D eigenvalue weighted by Gasteiger charge is -2.17. The lowest BCUT2D eigenvalue weighted by Crippen LogP contribution is -2.30. The third kappa shape index (κ3) is 3.92. The Morgan fingerprint density at radius 3 is 2.44 bits per heavy atom. The summed E-state index contributed by atoms with van der Waals surface area (Å²) < 4.78 is 0.968. The molecule has 3 rings (SSSR count). The maximum Gasteiger partial charge on any atom is 0.349 e. The predicted molar refractivity (Wildman–Crippen MR) is 99.0 cm³/mol. The minimum absolute atomic E-state index is 0.178. The number of hydrogen-bond acceptors (Lipinski definition) is 6. The summed E-state index contributed by atoms with van der Waals surface area (Å²) in [5, 5.41) is 4.44. The number of nitrogens with zero attached hydrogens (tertiary/aromatic N) is 2. The molecule has 0 bridgehead atoms. The summed E-state index contributed by atoms with van der Waals surface area (Å²) in [5.41, 5.74) is -0.0464. The first-order valence-corrected chi connectivity index (χ1v) is 8.31. The van der Waals surface area contributed by atoms with Crippen LogP contribution in [0.25, 0.3) is 5.69 Å². The fourth-order valence-electron chi connectivity index (χ4n) is 2.58. The first kappa shape index (κ1) is 18.8. The van der Waals surface area contributed by atoms with E-state index in [1.807, 2.05) is 0 Å². The fraction of sp³-hybridized carbons (Fsp3) is 0.0588. The predicted octanol–water partition coefficient (Wildman–Crippen LogP) is 1.78. The van der Waals surface area contributed by atoms with Gasteiger partial charge in [-0.05, 0) is 35.4 Å². The Morgan fingerprint density at radius 2 is 1.85 bits per heavy atom. The van der Waals surface area contributed by atoms with Gasteiger partial charge in [-0.2, -0.15) is 15.7 Å². The Bertz CT molecular complexity index is 1110. The van der Waals surface area contributed by atoms with Crippen LogP contribution in [0.4, 0.5) is 0 Å². The second-order valence-electron chi connectivity index (χ2n) is 5.48. The van der Waals surface area contributed by atoms with Crippen LogP contribution in [0.3, 0.4) is 0 Å². The molecule has 0 aliphatic heterocycles. The van der Waals surface area contributed by atoms with Gasteiger partial charge in [-0.3, -0.25) is 9.78 Å². The topological polar surface area (TPSA) is 120 Å². The third-order valence-corrected chi connectivity index (χ3v) is 4.39. The van der Waals surface area contributed by atoms with Gasteiger partial charge in [0.05, 0.1) is 5.69 Å². The second kappa shape index (κ2) is 7.75. The molecular weight excluding hydrogens is 395 g/mol. The van der Waals surface area contributed by atoms with E-state index in [0.717, 1.165) is 10.9 Å². The molecule has 138 valence electrons. The number of nitrogens with two attached hydrogens (primary N) is 1. The maximum absolute atomic E-state index is 12.3. The van der Waals surface area contributed by atoms with Crippen molar-refractivity contribution in [2.45, 2.75) is 5.92 Å². The molecule has 0 fully saturated rings. The monoisotopic (exact) mass is 406 g/mol. The number of hydrogen-bond donors (Lipinski definition) is 2. The van der Waals surface area contributed by atoms with Crippen LogP contribution in [0.15, 0.2) is 58.3 Å². The lowest BCUT2D eigenvalue weighted by molar-refractivity contribution is -0.144. The zero-order chi connectivity index (χ0) is 19.6. The number of rotatable bonds is 4. The van der Waals surface area contributed by atoms with Gasteiger partial charge in [0.15, 0.2) is 0 Å². The number of carbonyl (C=O) groups excluding carboxylic acids is 1. The van der Waals surface area contributed by atoms with Crippen LogP contribution in [0.1, 0.15) is 17.0 Å². The molecular formula is C17H12Cl2N4O4. The van der Waals surface area contributed by atoms with E-state index in [1.165, 1.54) is 12.1 Å². The molecule has 3 aromatic rings. The number of halogens is 2. The first-order valence-electron chi connectivity index (χ1n) is 7.55. The van der Waals surface area contributed by atoms with Crippen molar-refractivity contribution in [2.75, 3.05) is 0 Å². The molecule has 1 unspecified atom stereocenters. The molecule has 3 N–H and O–H groups in total. The van der Waals surface area contributed by atoms with Crippen molar-refractivity contribution in [2.24, 2.45) is 5.90 Å². The number of aromatic nitrogens is 3. The van der Waals surface area contributed by atoms with Crippen LogP contribution >= 0.6 is 23.2 Å². The highest BCUT2D eigenvalue weighted by Gasteiger charge is 2.26. The van der Waals surface area contributed by atoms with Gasteiger partial charge in [-0.25, -0.2) is 9.59 Å². The highest BCUT2D eigenvalue weighted by atomic mass is 35.5. The van der Waals surface area contributed by atoms with E-state index >= 15 is 0 Å². The normalized spacial score (nSPS) is 11.8. The molecule has 1 aromatic heterocycles. The summed E-state index contributed by atoms with van der Waals surface area (Å²) >= 11 is 12.2. The van der Waals surface area contributed by atoms with E-state index in [-0.39, 0.29) is 5.02 Å². The molecule has 0 aliphatic rings. The van der Waals surface area contributed by atoms with Gasteiger partial charge >= 0.3 is 11.7 Å². The Labute approximate surface area is 162 Å². The van der Waals surface area contributed by atoms with Crippen LogP contribution in [0, 0.1) is 0 Å². The third-order valence-electron chi connectivity index (χ3n) is 3.81. The summed E-state index contributed by atoms with van der Waals surface area (Å²) in [6.07, 6.45) is 0.964. The maximum atomic E-state index is 12.3. The van der Waals surface area contributed by atoms with Crippen molar-refractivity contribution < 1.29 is 9.63 Å². The molecule has 0 amide bonds. The summed E-state index contributed by atoms with van der Waals surface area (Å²) in [6.45, 7) is 0. The minimum Gasteiger partial charge on any atom is -0.373 e. The van der Waals surface area contributed by atoms with Gasteiger partial charge in [0.2, 0.25) is 0 Å². The molecule has 0 saturated heterocycles. The molecule has 1 atom stereocenters.